The molecule has 0 aliphatic rings. The van der Waals surface area contributed by atoms with Crippen molar-refractivity contribution in [3.8, 4) is 0 Å². The van der Waals surface area contributed by atoms with Gasteiger partial charge in [-0.3, -0.25) is 0 Å². The van der Waals surface area contributed by atoms with Gasteiger partial charge in [0.15, 0.2) is 0 Å². The summed E-state index contributed by atoms with van der Waals surface area (Å²) in [6.45, 7) is 5.80. The Kier molecular flexibility index (Phi) is 31.3. The van der Waals surface area contributed by atoms with Crippen LogP contribution in [-0.4, -0.2) is 17.4 Å². The molecule has 0 heterocycles. The quantitative estimate of drug-likeness (QED) is 0.395. The molecule has 0 saturated carbocycles. The molecule has 0 atom stereocenters. The SMILES string of the molecule is C=CC(=O)[O-].C=CC(=O)[O-].O.[Hf]. The first-order valence-electron chi connectivity index (χ1n) is 2.21. The van der Waals surface area contributed by atoms with Gasteiger partial charge in [0.2, 0.25) is 0 Å². The number of carboxylic acid groups (broad SMARTS) is 2. The van der Waals surface area contributed by atoms with Crippen LogP contribution in [0.2, 0.25) is 0 Å². The summed E-state index contributed by atoms with van der Waals surface area (Å²) >= 11 is 0. The molecule has 5 nitrogen and oxygen atoms in total. The van der Waals surface area contributed by atoms with Gasteiger partial charge >= 0.3 is 0 Å². The summed E-state index contributed by atoms with van der Waals surface area (Å²) in [6, 6.07) is 0. The number of rotatable bonds is 2. The minimum Gasteiger partial charge on any atom is -0.545 e. The molecule has 0 aromatic carbocycles. The van der Waals surface area contributed by atoms with Crippen molar-refractivity contribution in [3.63, 3.8) is 0 Å². The molecule has 0 aliphatic heterocycles. The molecule has 0 spiro atoms. The maximum atomic E-state index is 9.14. The molecule has 0 aromatic rings. The largest absolute Gasteiger partial charge is 0.545 e. The van der Waals surface area contributed by atoms with E-state index in [0.29, 0.717) is 0 Å². The summed E-state index contributed by atoms with van der Waals surface area (Å²) in [5, 5.41) is 18.3. The Morgan fingerprint density at radius 1 is 1.00 bits per heavy atom. The van der Waals surface area contributed by atoms with E-state index in [2.05, 4.69) is 13.2 Å². The van der Waals surface area contributed by atoms with Crippen molar-refractivity contribution in [2.45, 2.75) is 0 Å². The summed E-state index contributed by atoms with van der Waals surface area (Å²) in [6.07, 6.45) is 1.44. The number of carbonyl (C=O) groups is 2. The third kappa shape index (κ3) is 59.6. The number of hydrogen-bond donors (Lipinski definition) is 0. The minimum absolute atomic E-state index is 0. The van der Waals surface area contributed by atoms with E-state index in [4.69, 9.17) is 19.8 Å². The molecular weight excluding hydrogens is 331 g/mol. The number of hydrogen-bond acceptors (Lipinski definition) is 4. The second-order valence-electron chi connectivity index (χ2n) is 1.05. The normalized spacial score (nSPS) is 5.33. The van der Waals surface area contributed by atoms with Gasteiger partial charge in [0.25, 0.3) is 0 Å². The summed E-state index contributed by atoms with van der Waals surface area (Å²) in [5.41, 5.74) is 0. The van der Waals surface area contributed by atoms with Crippen LogP contribution in [-0.2, 0) is 35.4 Å². The van der Waals surface area contributed by atoms with Crippen molar-refractivity contribution in [2.24, 2.45) is 0 Å². The van der Waals surface area contributed by atoms with Gasteiger partial charge in [0.1, 0.15) is 0 Å². The van der Waals surface area contributed by atoms with Gasteiger partial charge in [0, 0.05) is 25.8 Å². The van der Waals surface area contributed by atoms with Crippen molar-refractivity contribution in [3.05, 3.63) is 25.3 Å². The fraction of sp³-hybridized carbons (Fsp3) is 0. The second kappa shape index (κ2) is 16.7. The first-order chi connectivity index (χ1) is 4.54. The Balaban J connectivity index is -0.0000000457. The van der Waals surface area contributed by atoms with Crippen LogP contribution in [0.3, 0.4) is 0 Å². The summed E-state index contributed by atoms with van der Waals surface area (Å²) in [7, 11) is 0. The number of aliphatic carboxylic acids is 2. The molecule has 0 saturated heterocycles. The van der Waals surface area contributed by atoms with Crippen molar-refractivity contribution in [1.29, 1.82) is 0 Å². The Hall–Kier alpha value is -0.750. The molecule has 12 heavy (non-hydrogen) atoms. The van der Waals surface area contributed by atoms with Gasteiger partial charge in [0.05, 0.1) is 11.9 Å². The zero-order valence-corrected chi connectivity index (χ0v) is 9.79. The maximum Gasteiger partial charge on any atom is 0.0636 e. The van der Waals surface area contributed by atoms with Crippen LogP contribution in [0.25, 0.3) is 0 Å². The molecule has 0 aromatic heterocycles. The zero-order chi connectivity index (χ0) is 8.57. The Labute approximate surface area is 88.5 Å². The Morgan fingerprint density at radius 3 is 1.08 bits per heavy atom. The monoisotopic (exact) mass is 340 g/mol. The molecule has 0 unspecified atom stereocenters. The van der Waals surface area contributed by atoms with E-state index in [1.807, 2.05) is 0 Å². The van der Waals surface area contributed by atoms with Crippen molar-refractivity contribution in [1.82, 2.24) is 0 Å². The van der Waals surface area contributed by atoms with Crippen LogP contribution in [0.1, 0.15) is 0 Å². The van der Waals surface area contributed by atoms with E-state index in [1.165, 1.54) is 0 Å². The first-order valence-corrected chi connectivity index (χ1v) is 2.21. The van der Waals surface area contributed by atoms with Gasteiger partial charge in [-0.05, 0) is 12.2 Å². The molecule has 2 N–H and O–H groups in total. The molecule has 68 valence electrons. The minimum atomic E-state index is -1.23. The average molecular weight is 339 g/mol. The van der Waals surface area contributed by atoms with Crippen LogP contribution < -0.4 is 10.2 Å². The molecule has 0 rings (SSSR count). The standard InChI is InChI=1S/2C3H4O2.Hf.H2O/c2*1-2-3(4)5;;/h2*2H,1H2,(H,4,5);;1H2/p-2. The van der Waals surface area contributed by atoms with Crippen LogP contribution in [0.15, 0.2) is 25.3 Å². The molecule has 6 heteroatoms. The van der Waals surface area contributed by atoms with E-state index in [-0.39, 0.29) is 31.3 Å². The maximum absolute atomic E-state index is 9.14. The summed E-state index contributed by atoms with van der Waals surface area (Å²) in [5.74, 6) is -2.46. The van der Waals surface area contributed by atoms with E-state index in [0.717, 1.165) is 12.2 Å². The topological polar surface area (TPSA) is 112 Å². The summed E-state index contributed by atoms with van der Waals surface area (Å²) < 4.78 is 0. The fourth-order valence-corrected chi connectivity index (χ4v) is 0. The number of carbonyl (C=O) groups excluding carboxylic acids is 2. The van der Waals surface area contributed by atoms with Crippen LogP contribution in [0.4, 0.5) is 0 Å². The van der Waals surface area contributed by atoms with E-state index in [9.17, 15) is 0 Å². The Bertz CT molecular complexity index is 136. The molecule has 0 amide bonds. The van der Waals surface area contributed by atoms with Crippen molar-refractivity contribution < 1.29 is 51.1 Å². The van der Waals surface area contributed by atoms with Gasteiger partial charge in [-0.15, -0.1) is 0 Å². The van der Waals surface area contributed by atoms with Gasteiger partial charge in [-0.25, -0.2) is 0 Å². The fourth-order valence-electron chi connectivity index (χ4n) is 0. The van der Waals surface area contributed by atoms with Crippen molar-refractivity contribution >= 4 is 11.9 Å². The van der Waals surface area contributed by atoms with Crippen molar-refractivity contribution in [2.75, 3.05) is 0 Å². The van der Waals surface area contributed by atoms with Crippen LogP contribution in [0, 0.1) is 0 Å². The Morgan fingerprint density at radius 2 is 1.08 bits per heavy atom. The van der Waals surface area contributed by atoms with Crippen LogP contribution >= 0.6 is 0 Å². The third-order valence-electron chi connectivity index (χ3n) is 0.333. The zero-order valence-electron chi connectivity index (χ0n) is 6.20. The third-order valence-corrected chi connectivity index (χ3v) is 0.333. The first kappa shape index (κ1) is 22.5. The summed E-state index contributed by atoms with van der Waals surface area (Å²) in [4.78, 5) is 18.3. The second-order valence-corrected chi connectivity index (χ2v) is 1.05. The smallest absolute Gasteiger partial charge is 0.0636 e. The molecular formula is C6H8HfO5-2. The molecule has 0 bridgehead atoms. The predicted octanol–water partition coefficient (Wildman–Crippen LogP) is -2.98. The molecule has 0 fully saturated rings. The van der Waals surface area contributed by atoms with E-state index >= 15 is 0 Å². The van der Waals surface area contributed by atoms with Gasteiger partial charge < -0.3 is 25.3 Å². The average Bonchev–Trinajstić information content (AvgIpc) is 1.89. The van der Waals surface area contributed by atoms with Gasteiger partial charge in [-0.2, -0.15) is 0 Å². The van der Waals surface area contributed by atoms with Crippen LogP contribution in [0.5, 0.6) is 0 Å². The van der Waals surface area contributed by atoms with E-state index < -0.39 is 11.9 Å². The van der Waals surface area contributed by atoms with Gasteiger partial charge in [-0.1, -0.05) is 13.2 Å². The van der Waals surface area contributed by atoms with E-state index in [1.54, 1.807) is 0 Å². The number of carboxylic acids is 2. The molecule has 0 radical (unpaired) electrons. The predicted molar refractivity (Wildman–Crippen MR) is 34.0 cm³/mol. The molecule has 0 aliphatic carbocycles.